The van der Waals surface area contributed by atoms with Crippen LogP contribution in [0.25, 0.3) is 10.9 Å². The number of unbranched alkanes of at least 4 members (excludes halogenated alkanes) is 1. The summed E-state index contributed by atoms with van der Waals surface area (Å²) in [6, 6.07) is 8.23. The van der Waals surface area contributed by atoms with Crippen LogP contribution in [0.15, 0.2) is 24.3 Å². The lowest BCUT2D eigenvalue weighted by Crippen LogP contribution is -2.04. The number of rotatable bonds is 6. The van der Waals surface area contributed by atoms with E-state index >= 15 is 0 Å². The minimum Gasteiger partial charge on any atom is -0.494 e. The molecule has 102 valence electrons. The van der Waals surface area contributed by atoms with Crippen LogP contribution in [0.5, 0.6) is 5.75 Å². The number of aromatic nitrogens is 1. The van der Waals surface area contributed by atoms with Crippen molar-refractivity contribution in [1.82, 2.24) is 4.98 Å². The Morgan fingerprint density at radius 2 is 2.11 bits per heavy atom. The molecule has 0 saturated heterocycles. The second-order valence-electron chi connectivity index (χ2n) is 4.84. The van der Waals surface area contributed by atoms with Gasteiger partial charge in [-0.3, -0.25) is 4.98 Å². The number of nitrogens with zero attached hydrogens (tertiary/aromatic N) is 1. The monoisotopic (exact) mass is 258 g/mol. The van der Waals surface area contributed by atoms with Crippen LogP contribution >= 0.6 is 0 Å². The first-order valence-electron chi connectivity index (χ1n) is 6.97. The predicted molar refractivity (Wildman–Crippen MR) is 79.6 cm³/mol. The molecule has 0 radical (unpaired) electrons. The van der Waals surface area contributed by atoms with E-state index in [4.69, 9.17) is 10.5 Å². The Balaban J connectivity index is 2.33. The fourth-order valence-corrected chi connectivity index (χ4v) is 2.21. The van der Waals surface area contributed by atoms with Crippen LogP contribution in [-0.4, -0.2) is 18.1 Å². The molecule has 19 heavy (non-hydrogen) atoms. The van der Waals surface area contributed by atoms with E-state index < -0.39 is 0 Å². The van der Waals surface area contributed by atoms with Gasteiger partial charge in [0.15, 0.2) is 0 Å². The quantitative estimate of drug-likeness (QED) is 0.809. The van der Waals surface area contributed by atoms with Gasteiger partial charge in [-0.25, -0.2) is 0 Å². The SMILES string of the molecule is CCCCOc1ccc2nc(C)cc(CCN)c2c1. The van der Waals surface area contributed by atoms with Crippen LogP contribution in [-0.2, 0) is 6.42 Å². The molecule has 1 heterocycles. The average Bonchev–Trinajstić information content (AvgIpc) is 2.40. The number of fused-ring (bicyclic) bond motifs is 1. The first-order chi connectivity index (χ1) is 9.24. The molecular weight excluding hydrogens is 236 g/mol. The lowest BCUT2D eigenvalue weighted by molar-refractivity contribution is 0.310. The van der Waals surface area contributed by atoms with Crippen molar-refractivity contribution in [2.24, 2.45) is 5.73 Å². The molecule has 0 bridgehead atoms. The van der Waals surface area contributed by atoms with Crippen molar-refractivity contribution >= 4 is 10.9 Å². The standard InChI is InChI=1S/C16H22N2O/c1-3-4-9-19-14-5-6-16-15(11-14)13(7-8-17)10-12(2)18-16/h5-6,10-11H,3-4,7-9,17H2,1-2H3. The fourth-order valence-electron chi connectivity index (χ4n) is 2.21. The van der Waals surface area contributed by atoms with Crippen molar-refractivity contribution in [1.29, 1.82) is 0 Å². The third-order valence-corrected chi connectivity index (χ3v) is 3.17. The highest BCUT2D eigenvalue weighted by molar-refractivity contribution is 5.84. The summed E-state index contributed by atoms with van der Waals surface area (Å²) in [7, 11) is 0. The number of benzene rings is 1. The molecule has 3 nitrogen and oxygen atoms in total. The van der Waals surface area contributed by atoms with Crippen LogP contribution in [0.3, 0.4) is 0 Å². The van der Waals surface area contributed by atoms with E-state index in [0.717, 1.165) is 48.2 Å². The number of nitrogens with two attached hydrogens (primary N) is 1. The molecule has 0 saturated carbocycles. The van der Waals surface area contributed by atoms with Gasteiger partial charge in [0.1, 0.15) is 5.75 Å². The Bertz CT molecular complexity index is 552. The summed E-state index contributed by atoms with van der Waals surface area (Å²) in [5.41, 5.74) is 9.00. The lowest BCUT2D eigenvalue weighted by atomic mass is 10.0. The average molecular weight is 258 g/mol. The highest BCUT2D eigenvalue weighted by atomic mass is 16.5. The van der Waals surface area contributed by atoms with Gasteiger partial charge in [0.2, 0.25) is 0 Å². The zero-order chi connectivity index (χ0) is 13.7. The van der Waals surface area contributed by atoms with Gasteiger partial charge in [-0.1, -0.05) is 13.3 Å². The minimum atomic E-state index is 0.652. The second kappa shape index (κ2) is 6.53. The number of ether oxygens (including phenoxy) is 1. The molecule has 1 aromatic heterocycles. The van der Waals surface area contributed by atoms with Gasteiger partial charge in [-0.05, 0) is 56.1 Å². The molecule has 0 aliphatic heterocycles. The van der Waals surface area contributed by atoms with Gasteiger partial charge >= 0.3 is 0 Å². The van der Waals surface area contributed by atoms with E-state index in [1.807, 2.05) is 19.1 Å². The molecule has 0 amide bonds. The zero-order valence-corrected chi connectivity index (χ0v) is 11.8. The Labute approximate surface area is 114 Å². The third kappa shape index (κ3) is 3.44. The topological polar surface area (TPSA) is 48.1 Å². The van der Waals surface area contributed by atoms with Crippen LogP contribution in [0.1, 0.15) is 31.0 Å². The van der Waals surface area contributed by atoms with E-state index in [2.05, 4.69) is 24.0 Å². The molecule has 1 aromatic carbocycles. The number of hydrogen-bond acceptors (Lipinski definition) is 3. The van der Waals surface area contributed by atoms with E-state index in [-0.39, 0.29) is 0 Å². The third-order valence-electron chi connectivity index (χ3n) is 3.17. The van der Waals surface area contributed by atoms with E-state index in [9.17, 15) is 0 Å². The van der Waals surface area contributed by atoms with Gasteiger partial charge in [0, 0.05) is 11.1 Å². The van der Waals surface area contributed by atoms with E-state index in [1.54, 1.807) is 0 Å². The molecular formula is C16H22N2O. The summed E-state index contributed by atoms with van der Waals surface area (Å²) in [5.74, 6) is 0.921. The van der Waals surface area contributed by atoms with Crippen LogP contribution in [0.4, 0.5) is 0 Å². The second-order valence-corrected chi connectivity index (χ2v) is 4.84. The first kappa shape index (κ1) is 13.8. The minimum absolute atomic E-state index is 0.652. The first-order valence-corrected chi connectivity index (χ1v) is 6.97. The predicted octanol–water partition coefficient (Wildman–Crippen LogP) is 3.22. The molecule has 0 unspecified atom stereocenters. The van der Waals surface area contributed by atoms with Gasteiger partial charge in [0.25, 0.3) is 0 Å². The van der Waals surface area contributed by atoms with Gasteiger partial charge in [-0.15, -0.1) is 0 Å². The Hall–Kier alpha value is -1.61. The molecule has 0 aliphatic rings. The van der Waals surface area contributed by atoms with Crippen LogP contribution < -0.4 is 10.5 Å². The van der Waals surface area contributed by atoms with Crippen molar-refractivity contribution in [2.45, 2.75) is 33.1 Å². The molecule has 2 rings (SSSR count). The highest BCUT2D eigenvalue weighted by Crippen LogP contribution is 2.24. The Morgan fingerprint density at radius 1 is 1.26 bits per heavy atom. The maximum absolute atomic E-state index is 5.76. The summed E-state index contributed by atoms with van der Waals surface area (Å²) in [4.78, 5) is 4.56. The summed E-state index contributed by atoms with van der Waals surface area (Å²) in [6.45, 7) is 5.61. The Kier molecular flexibility index (Phi) is 4.74. The molecule has 2 aromatic rings. The molecule has 0 aliphatic carbocycles. The summed E-state index contributed by atoms with van der Waals surface area (Å²) >= 11 is 0. The van der Waals surface area contributed by atoms with E-state index in [0.29, 0.717) is 6.54 Å². The smallest absolute Gasteiger partial charge is 0.120 e. The van der Waals surface area contributed by atoms with Crippen molar-refractivity contribution < 1.29 is 4.74 Å². The number of aryl methyl sites for hydroxylation is 1. The van der Waals surface area contributed by atoms with Crippen LogP contribution in [0.2, 0.25) is 0 Å². The van der Waals surface area contributed by atoms with Gasteiger partial charge < -0.3 is 10.5 Å². The number of pyridine rings is 1. The summed E-state index contributed by atoms with van der Waals surface area (Å²) in [6.07, 6.45) is 3.10. The lowest BCUT2D eigenvalue weighted by Gasteiger charge is -2.10. The summed E-state index contributed by atoms with van der Waals surface area (Å²) < 4.78 is 5.76. The zero-order valence-electron chi connectivity index (χ0n) is 11.8. The van der Waals surface area contributed by atoms with Crippen molar-refractivity contribution in [2.75, 3.05) is 13.2 Å². The van der Waals surface area contributed by atoms with Crippen LogP contribution in [0, 0.1) is 6.92 Å². The molecule has 3 heteroatoms. The molecule has 0 atom stereocenters. The number of hydrogen-bond donors (Lipinski definition) is 1. The van der Waals surface area contributed by atoms with Gasteiger partial charge in [-0.2, -0.15) is 0 Å². The van der Waals surface area contributed by atoms with Gasteiger partial charge in [0.05, 0.1) is 12.1 Å². The normalized spacial score (nSPS) is 10.9. The van der Waals surface area contributed by atoms with Crippen molar-refractivity contribution in [3.05, 3.63) is 35.5 Å². The maximum atomic E-state index is 5.76. The maximum Gasteiger partial charge on any atom is 0.120 e. The van der Waals surface area contributed by atoms with Crippen molar-refractivity contribution in [3.8, 4) is 5.75 Å². The summed E-state index contributed by atoms with van der Waals surface area (Å²) in [5, 5.41) is 1.16. The molecule has 0 spiro atoms. The molecule has 0 fully saturated rings. The van der Waals surface area contributed by atoms with E-state index in [1.165, 1.54) is 5.56 Å². The largest absolute Gasteiger partial charge is 0.494 e. The van der Waals surface area contributed by atoms with Crippen molar-refractivity contribution in [3.63, 3.8) is 0 Å². The fraction of sp³-hybridized carbons (Fsp3) is 0.438. The molecule has 2 N–H and O–H groups in total. The Morgan fingerprint density at radius 3 is 2.84 bits per heavy atom. The highest BCUT2D eigenvalue weighted by Gasteiger charge is 2.05.